The Kier molecular flexibility index (Phi) is 5.16. The van der Waals surface area contributed by atoms with Crippen molar-refractivity contribution in [1.29, 1.82) is 0 Å². The van der Waals surface area contributed by atoms with Crippen molar-refractivity contribution in [3.05, 3.63) is 63.5 Å². The molecule has 5 nitrogen and oxygen atoms in total. The van der Waals surface area contributed by atoms with Crippen LogP contribution in [0.1, 0.15) is 18.4 Å². The van der Waals surface area contributed by atoms with Crippen LogP contribution in [0.25, 0.3) is 22.1 Å². The number of hydrogen-bond acceptors (Lipinski definition) is 4. The van der Waals surface area contributed by atoms with Gasteiger partial charge in [0, 0.05) is 28.6 Å². The molecule has 1 saturated heterocycles. The summed E-state index contributed by atoms with van der Waals surface area (Å²) >= 11 is 6.23. The largest absolute Gasteiger partial charge is 0.871 e. The van der Waals surface area contributed by atoms with Gasteiger partial charge in [-0.1, -0.05) is 47.7 Å². The maximum atomic E-state index is 12.6. The third-order valence-corrected chi connectivity index (χ3v) is 5.20. The van der Waals surface area contributed by atoms with Crippen LogP contribution in [0.3, 0.4) is 0 Å². The Morgan fingerprint density at radius 3 is 2.78 bits per heavy atom. The van der Waals surface area contributed by atoms with E-state index in [4.69, 9.17) is 20.8 Å². The normalized spacial score (nSPS) is 16.9. The van der Waals surface area contributed by atoms with Gasteiger partial charge in [0.15, 0.2) is 0 Å². The second kappa shape index (κ2) is 7.72. The molecule has 3 aromatic rings. The molecule has 0 radical (unpaired) electrons. The Labute approximate surface area is 161 Å². The van der Waals surface area contributed by atoms with Gasteiger partial charge < -0.3 is 19.6 Å². The SMILES string of the molecule is O=c1cc(-c2ccccc2)c2cc(Cl)c([O-])c(C[NH2+]CC3CCCO3)c2o1. The van der Waals surface area contributed by atoms with E-state index in [1.165, 1.54) is 6.07 Å². The average molecular weight is 386 g/mol. The summed E-state index contributed by atoms with van der Waals surface area (Å²) in [5, 5.41) is 15.4. The first-order valence-electron chi connectivity index (χ1n) is 9.08. The highest BCUT2D eigenvalue weighted by Gasteiger charge is 2.19. The predicted octanol–water partition coefficient (Wildman–Crippen LogP) is 2.43. The number of benzene rings is 2. The van der Waals surface area contributed by atoms with Gasteiger partial charge in [-0.2, -0.15) is 0 Å². The van der Waals surface area contributed by atoms with Gasteiger partial charge in [-0.3, -0.25) is 0 Å². The molecule has 27 heavy (non-hydrogen) atoms. The van der Waals surface area contributed by atoms with Crippen LogP contribution in [-0.4, -0.2) is 19.3 Å². The molecule has 4 rings (SSSR count). The first kappa shape index (κ1) is 18.0. The summed E-state index contributed by atoms with van der Waals surface area (Å²) in [5.41, 5.74) is 1.84. The van der Waals surface area contributed by atoms with Gasteiger partial charge in [0.2, 0.25) is 0 Å². The molecule has 0 spiro atoms. The Bertz CT molecular complexity index is 1010. The summed E-state index contributed by atoms with van der Waals surface area (Å²) in [4.78, 5) is 12.2. The molecule has 0 amide bonds. The zero-order valence-corrected chi connectivity index (χ0v) is 15.5. The van der Waals surface area contributed by atoms with Crippen molar-refractivity contribution in [3.8, 4) is 16.9 Å². The molecule has 1 unspecified atom stereocenters. The summed E-state index contributed by atoms with van der Waals surface area (Å²) in [6.07, 6.45) is 2.31. The molecule has 2 heterocycles. The Hall–Kier alpha value is -2.34. The molecule has 6 heteroatoms. The molecular formula is C21H20ClNO4. The molecule has 2 N–H and O–H groups in total. The molecule has 1 aliphatic rings. The summed E-state index contributed by atoms with van der Waals surface area (Å²) in [5.74, 6) is -0.291. The van der Waals surface area contributed by atoms with E-state index in [9.17, 15) is 9.90 Å². The molecule has 1 aromatic heterocycles. The fourth-order valence-electron chi connectivity index (χ4n) is 3.60. The van der Waals surface area contributed by atoms with Gasteiger partial charge in [-0.25, -0.2) is 4.79 Å². The van der Waals surface area contributed by atoms with Gasteiger partial charge in [-0.15, -0.1) is 0 Å². The van der Waals surface area contributed by atoms with Gasteiger partial charge in [-0.05, 0) is 30.0 Å². The van der Waals surface area contributed by atoms with E-state index < -0.39 is 5.63 Å². The Morgan fingerprint density at radius 1 is 1.22 bits per heavy atom. The molecule has 1 aliphatic heterocycles. The van der Waals surface area contributed by atoms with E-state index in [2.05, 4.69) is 0 Å². The lowest BCUT2D eigenvalue weighted by Crippen LogP contribution is -2.84. The lowest BCUT2D eigenvalue weighted by molar-refractivity contribution is -0.676. The van der Waals surface area contributed by atoms with Gasteiger partial charge >= 0.3 is 5.63 Å². The van der Waals surface area contributed by atoms with Crippen LogP contribution in [0.4, 0.5) is 0 Å². The maximum absolute atomic E-state index is 12.6. The maximum Gasteiger partial charge on any atom is 0.336 e. The fourth-order valence-corrected chi connectivity index (χ4v) is 3.82. The third-order valence-electron chi connectivity index (χ3n) is 4.92. The van der Waals surface area contributed by atoms with Crippen molar-refractivity contribution < 1.29 is 19.6 Å². The van der Waals surface area contributed by atoms with E-state index in [1.807, 2.05) is 35.6 Å². The van der Waals surface area contributed by atoms with E-state index in [-0.39, 0.29) is 16.9 Å². The lowest BCUT2D eigenvalue weighted by atomic mass is 9.99. The molecule has 0 saturated carbocycles. The van der Waals surface area contributed by atoms with Crippen molar-refractivity contribution >= 4 is 22.6 Å². The quantitative estimate of drug-likeness (QED) is 0.684. The topological polar surface area (TPSA) is 79.1 Å². The van der Waals surface area contributed by atoms with Crippen molar-refractivity contribution in [2.75, 3.05) is 13.2 Å². The number of hydrogen-bond donors (Lipinski definition) is 1. The summed E-state index contributed by atoms with van der Waals surface area (Å²) < 4.78 is 11.1. The van der Waals surface area contributed by atoms with Crippen LogP contribution in [0.2, 0.25) is 5.02 Å². The van der Waals surface area contributed by atoms with Crippen LogP contribution in [0.5, 0.6) is 5.75 Å². The second-order valence-corrected chi connectivity index (χ2v) is 7.16. The average Bonchev–Trinajstić information content (AvgIpc) is 3.19. The monoisotopic (exact) mass is 385 g/mol. The van der Waals surface area contributed by atoms with Crippen LogP contribution in [0, 0.1) is 0 Å². The van der Waals surface area contributed by atoms with Crippen molar-refractivity contribution in [2.45, 2.75) is 25.5 Å². The smallest absolute Gasteiger partial charge is 0.336 e. The molecular weight excluding hydrogens is 366 g/mol. The highest BCUT2D eigenvalue weighted by Crippen LogP contribution is 2.36. The van der Waals surface area contributed by atoms with E-state index >= 15 is 0 Å². The van der Waals surface area contributed by atoms with Crippen LogP contribution in [-0.2, 0) is 11.3 Å². The number of nitrogens with two attached hydrogens (primary N) is 1. The van der Waals surface area contributed by atoms with Gasteiger partial charge in [0.05, 0.1) is 0 Å². The summed E-state index contributed by atoms with van der Waals surface area (Å²) in [6.45, 7) is 1.94. The number of ether oxygens (including phenoxy) is 1. The summed E-state index contributed by atoms with van der Waals surface area (Å²) in [6, 6.07) is 12.6. The lowest BCUT2D eigenvalue weighted by Gasteiger charge is -2.18. The zero-order valence-electron chi connectivity index (χ0n) is 14.7. The Balaban J connectivity index is 1.77. The predicted molar refractivity (Wildman–Crippen MR) is 102 cm³/mol. The Morgan fingerprint density at radius 2 is 2.04 bits per heavy atom. The first-order chi connectivity index (χ1) is 13.1. The zero-order chi connectivity index (χ0) is 18.8. The minimum absolute atomic E-state index is 0.133. The molecule has 0 aliphatic carbocycles. The number of rotatable bonds is 5. The molecule has 0 bridgehead atoms. The van der Waals surface area contributed by atoms with Gasteiger partial charge in [0.1, 0.15) is 24.8 Å². The fraction of sp³-hybridized carbons (Fsp3) is 0.286. The van der Waals surface area contributed by atoms with E-state index in [0.29, 0.717) is 28.6 Å². The molecule has 2 aromatic carbocycles. The minimum Gasteiger partial charge on any atom is -0.871 e. The number of halogens is 1. The van der Waals surface area contributed by atoms with Crippen molar-refractivity contribution in [2.24, 2.45) is 0 Å². The second-order valence-electron chi connectivity index (χ2n) is 6.75. The molecule has 1 fully saturated rings. The molecule has 1 atom stereocenters. The van der Waals surface area contributed by atoms with Crippen LogP contribution >= 0.6 is 11.6 Å². The van der Waals surface area contributed by atoms with E-state index in [0.717, 1.165) is 31.6 Å². The molecule has 140 valence electrons. The van der Waals surface area contributed by atoms with Crippen molar-refractivity contribution in [3.63, 3.8) is 0 Å². The third kappa shape index (κ3) is 3.72. The first-order valence-corrected chi connectivity index (χ1v) is 9.46. The van der Waals surface area contributed by atoms with Crippen molar-refractivity contribution in [1.82, 2.24) is 0 Å². The van der Waals surface area contributed by atoms with Crippen LogP contribution < -0.4 is 16.0 Å². The standard InChI is InChI=1S/C21H20ClNO4/c22-18-9-16-15(13-5-2-1-3-6-13)10-19(24)27-21(16)17(20(18)25)12-23-11-14-7-4-8-26-14/h1-3,5-6,9-10,14,23,25H,4,7-8,11-12H2. The van der Waals surface area contributed by atoms with E-state index in [1.54, 1.807) is 6.07 Å². The highest BCUT2D eigenvalue weighted by atomic mass is 35.5. The minimum atomic E-state index is -0.483. The van der Waals surface area contributed by atoms with Crippen LogP contribution in [0.15, 0.2) is 51.7 Å². The number of quaternary nitrogens is 1. The summed E-state index contributed by atoms with van der Waals surface area (Å²) in [7, 11) is 0. The van der Waals surface area contributed by atoms with Gasteiger partial charge in [0.25, 0.3) is 0 Å². The number of fused-ring (bicyclic) bond motifs is 1. The highest BCUT2D eigenvalue weighted by molar-refractivity contribution is 6.33.